The van der Waals surface area contributed by atoms with Crippen LogP contribution < -0.4 is 5.32 Å². The molecule has 0 unspecified atom stereocenters. The predicted octanol–water partition coefficient (Wildman–Crippen LogP) is 4.03. The average molecular weight is 404 g/mol. The highest BCUT2D eigenvalue weighted by Crippen LogP contribution is 2.58. The summed E-state index contributed by atoms with van der Waals surface area (Å²) in [6.07, 6.45) is 3.93. The summed E-state index contributed by atoms with van der Waals surface area (Å²) in [5.41, 5.74) is 3.09. The number of carbonyl (C=O) groups is 1. The standard InChI is InChI=1S/C21H23Cl2N3O/c1-19(2)16-9-21-4-3-5-26(21)10-20(16,25-18(21)27)8-12-11-6-13(22)14(23)7-15(11)24-17(12)19/h6-7,16,24H,3-5,8-10H2,1-2H3,(H,25,27)/t16-,20-,21+/m1/s1. The second-order valence-corrected chi connectivity index (χ2v) is 10.4. The van der Waals surface area contributed by atoms with Crippen molar-refractivity contribution in [2.45, 2.75) is 56.0 Å². The third kappa shape index (κ3) is 1.83. The molecular formula is C21H23Cl2N3O. The van der Waals surface area contributed by atoms with Crippen LogP contribution in [0.3, 0.4) is 0 Å². The third-order valence-corrected chi connectivity index (χ3v) is 8.77. The van der Waals surface area contributed by atoms with Crippen LogP contribution in [0.1, 0.15) is 44.4 Å². The Morgan fingerprint density at radius 1 is 1.22 bits per heavy atom. The van der Waals surface area contributed by atoms with Crippen LogP contribution in [-0.2, 0) is 16.6 Å². The molecule has 2 spiro atoms. The van der Waals surface area contributed by atoms with E-state index in [1.54, 1.807) is 0 Å². The number of amides is 1. The van der Waals surface area contributed by atoms with Crippen molar-refractivity contribution in [1.29, 1.82) is 0 Å². The summed E-state index contributed by atoms with van der Waals surface area (Å²) in [6.45, 7) is 6.67. The van der Waals surface area contributed by atoms with Gasteiger partial charge in [0.15, 0.2) is 0 Å². The highest BCUT2D eigenvalue weighted by Gasteiger charge is 2.68. The maximum atomic E-state index is 13.1. The summed E-state index contributed by atoms with van der Waals surface area (Å²) >= 11 is 12.6. The van der Waals surface area contributed by atoms with Gasteiger partial charge < -0.3 is 10.3 Å². The van der Waals surface area contributed by atoms with E-state index < -0.39 is 0 Å². The molecule has 5 heterocycles. The molecule has 2 bridgehead atoms. The molecule has 0 saturated carbocycles. The number of piperazine rings is 1. The first-order valence-corrected chi connectivity index (χ1v) is 10.6. The van der Waals surface area contributed by atoms with Crippen molar-refractivity contribution in [2.75, 3.05) is 13.1 Å². The number of H-pyrrole nitrogens is 1. The molecule has 2 N–H and O–H groups in total. The van der Waals surface area contributed by atoms with E-state index >= 15 is 0 Å². The minimum Gasteiger partial charge on any atom is -0.358 e. The number of aromatic amines is 1. The van der Waals surface area contributed by atoms with Gasteiger partial charge in [-0.3, -0.25) is 9.69 Å². The van der Waals surface area contributed by atoms with Gasteiger partial charge in [-0.05, 0) is 55.8 Å². The fourth-order valence-corrected chi connectivity index (χ4v) is 7.16. The van der Waals surface area contributed by atoms with Gasteiger partial charge in [0.2, 0.25) is 5.91 Å². The molecule has 6 heteroatoms. The molecule has 1 amide bonds. The van der Waals surface area contributed by atoms with E-state index in [2.05, 4.69) is 29.0 Å². The molecule has 0 radical (unpaired) electrons. The Morgan fingerprint density at radius 3 is 2.81 bits per heavy atom. The molecule has 4 saturated heterocycles. The minimum absolute atomic E-state index is 0.0546. The van der Waals surface area contributed by atoms with Crippen LogP contribution in [0.2, 0.25) is 10.0 Å². The van der Waals surface area contributed by atoms with E-state index in [1.165, 1.54) is 11.3 Å². The van der Waals surface area contributed by atoms with E-state index in [0.29, 0.717) is 16.0 Å². The number of nitrogens with zero attached hydrogens (tertiary/aromatic N) is 1. The molecular weight excluding hydrogens is 381 g/mol. The van der Waals surface area contributed by atoms with Crippen molar-refractivity contribution < 1.29 is 4.79 Å². The van der Waals surface area contributed by atoms with Crippen LogP contribution in [0.5, 0.6) is 0 Å². The number of aromatic nitrogens is 1. The van der Waals surface area contributed by atoms with Crippen LogP contribution >= 0.6 is 23.2 Å². The van der Waals surface area contributed by atoms with Crippen LogP contribution in [0, 0.1) is 5.92 Å². The number of benzene rings is 1. The van der Waals surface area contributed by atoms with E-state index in [9.17, 15) is 4.79 Å². The first kappa shape index (κ1) is 16.7. The Labute approximate surface area is 168 Å². The zero-order chi connectivity index (χ0) is 18.8. The summed E-state index contributed by atoms with van der Waals surface area (Å²) in [4.78, 5) is 19.3. The van der Waals surface area contributed by atoms with Gasteiger partial charge in [-0.2, -0.15) is 0 Å². The third-order valence-electron chi connectivity index (χ3n) is 8.05. The lowest BCUT2D eigenvalue weighted by molar-refractivity contribution is -0.160. The number of carbonyl (C=O) groups excluding carboxylic acids is 1. The number of piperidine rings is 2. The maximum Gasteiger partial charge on any atom is 0.241 e. The normalized spacial score (nSPS) is 36.4. The fraction of sp³-hybridized carbons (Fsp3) is 0.571. The summed E-state index contributed by atoms with van der Waals surface area (Å²) in [6, 6.07) is 3.91. The average Bonchev–Trinajstić information content (AvgIpc) is 3.17. The van der Waals surface area contributed by atoms with E-state index in [1.807, 2.05) is 12.1 Å². The predicted molar refractivity (Wildman–Crippen MR) is 108 cm³/mol. The molecule has 2 aromatic rings. The molecule has 7 rings (SSSR count). The lowest BCUT2D eigenvalue weighted by atomic mass is 9.51. The smallest absolute Gasteiger partial charge is 0.241 e. The first-order chi connectivity index (χ1) is 12.8. The number of hydrogen-bond acceptors (Lipinski definition) is 2. The second-order valence-electron chi connectivity index (χ2n) is 9.61. The fourth-order valence-electron chi connectivity index (χ4n) is 6.84. The van der Waals surface area contributed by atoms with Gasteiger partial charge in [0.1, 0.15) is 5.54 Å². The number of halogens is 2. The Balaban J connectivity index is 1.59. The van der Waals surface area contributed by atoms with E-state index in [0.717, 1.165) is 49.7 Å². The first-order valence-electron chi connectivity index (χ1n) is 9.85. The van der Waals surface area contributed by atoms with E-state index in [-0.39, 0.29) is 22.4 Å². The van der Waals surface area contributed by atoms with Crippen molar-refractivity contribution in [1.82, 2.24) is 15.2 Å². The topological polar surface area (TPSA) is 48.1 Å². The zero-order valence-corrected chi connectivity index (χ0v) is 17.1. The van der Waals surface area contributed by atoms with Crippen LogP contribution in [0.25, 0.3) is 10.9 Å². The van der Waals surface area contributed by atoms with Gasteiger partial charge in [-0.1, -0.05) is 37.0 Å². The SMILES string of the molecule is CC1(C)c2[nH]c3cc(Cl)c(Cl)cc3c2C[C@@]23CN4CCC[C@]4(C[C@H]12)C(=O)N3. The Morgan fingerprint density at radius 2 is 2.00 bits per heavy atom. The lowest BCUT2D eigenvalue weighted by Crippen LogP contribution is -2.82. The monoisotopic (exact) mass is 403 g/mol. The van der Waals surface area contributed by atoms with Crippen LogP contribution in [0.4, 0.5) is 0 Å². The molecule has 3 atom stereocenters. The minimum atomic E-state index is -0.278. The summed E-state index contributed by atoms with van der Waals surface area (Å²) in [5.74, 6) is 0.672. The quantitative estimate of drug-likeness (QED) is 0.697. The molecule has 27 heavy (non-hydrogen) atoms. The highest BCUT2D eigenvalue weighted by molar-refractivity contribution is 6.42. The number of fused-ring (bicyclic) bond motifs is 4. The highest BCUT2D eigenvalue weighted by atomic mass is 35.5. The Bertz CT molecular complexity index is 1030. The molecule has 4 aliphatic heterocycles. The largest absolute Gasteiger partial charge is 0.358 e. The molecule has 4 nitrogen and oxygen atoms in total. The van der Waals surface area contributed by atoms with E-state index in [4.69, 9.17) is 23.2 Å². The Hall–Kier alpha value is -1.23. The Kier molecular flexibility index (Phi) is 2.99. The van der Waals surface area contributed by atoms with Crippen molar-refractivity contribution in [3.8, 4) is 0 Å². The van der Waals surface area contributed by atoms with Crippen molar-refractivity contribution >= 4 is 40.0 Å². The van der Waals surface area contributed by atoms with Crippen molar-refractivity contribution in [2.24, 2.45) is 5.92 Å². The molecule has 142 valence electrons. The van der Waals surface area contributed by atoms with Gasteiger partial charge in [0.25, 0.3) is 0 Å². The summed E-state index contributed by atoms with van der Waals surface area (Å²) in [7, 11) is 0. The molecule has 1 aliphatic carbocycles. The molecule has 4 fully saturated rings. The second kappa shape index (κ2) is 4.84. The van der Waals surface area contributed by atoms with Crippen LogP contribution in [0.15, 0.2) is 12.1 Å². The van der Waals surface area contributed by atoms with Gasteiger partial charge >= 0.3 is 0 Å². The number of nitrogens with one attached hydrogen (secondary N) is 2. The summed E-state index contributed by atoms with van der Waals surface area (Å²) < 4.78 is 0. The molecule has 5 aliphatic rings. The van der Waals surface area contributed by atoms with Gasteiger partial charge in [0.05, 0.1) is 15.6 Å². The molecule has 1 aromatic carbocycles. The van der Waals surface area contributed by atoms with Crippen molar-refractivity contribution in [3.63, 3.8) is 0 Å². The van der Waals surface area contributed by atoms with Gasteiger partial charge in [-0.25, -0.2) is 0 Å². The number of rotatable bonds is 0. The van der Waals surface area contributed by atoms with Gasteiger partial charge in [0, 0.05) is 28.6 Å². The van der Waals surface area contributed by atoms with Crippen LogP contribution in [-0.4, -0.2) is 40.0 Å². The summed E-state index contributed by atoms with van der Waals surface area (Å²) in [5, 5.41) is 5.81. The van der Waals surface area contributed by atoms with Gasteiger partial charge in [-0.15, -0.1) is 0 Å². The lowest BCUT2D eigenvalue weighted by Gasteiger charge is -2.65. The molecule has 1 aromatic heterocycles. The number of hydrogen-bond donors (Lipinski definition) is 2. The van der Waals surface area contributed by atoms with Crippen molar-refractivity contribution in [3.05, 3.63) is 33.4 Å². The maximum absolute atomic E-state index is 13.1. The zero-order valence-electron chi connectivity index (χ0n) is 15.6.